The lowest BCUT2D eigenvalue weighted by atomic mass is 10.1. The topological polar surface area (TPSA) is 120 Å². The highest BCUT2D eigenvalue weighted by Crippen LogP contribution is 2.36. The number of nitrogens with two attached hydrogens (primary N) is 1. The molecule has 0 saturated carbocycles. The molecule has 35 heavy (non-hydrogen) atoms. The van der Waals surface area contributed by atoms with E-state index in [0.29, 0.717) is 23.1 Å². The number of nitrogens with one attached hydrogen (secondary N) is 3. The predicted octanol–water partition coefficient (Wildman–Crippen LogP) is 3.94. The summed E-state index contributed by atoms with van der Waals surface area (Å²) in [4.78, 5) is 13.0. The highest BCUT2D eigenvalue weighted by atomic mass is 16.5. The molecule has 2 heterocycles. The molecule has 4 aromatic rings. The third-order valence-electron chi connectivity index (χ3n) is 5.55. The molecular weight excluding hydrogens is 442 g/mol. The molecule has 10 heteroatoms. The zero-order chi connectivity index (χ0) is 24.8. The number of H-pyrrole nitrogens is 1. The van der Waals surface area contributed by atoms with Crippen LogP contribution in [-0.2, 0) is 0 Å². The lowest BCUT2D eigenvalue weighted by Crippen LogP contribution is -2.29. The Hall–Kier alpha value is -4.31. The van der Waals surface area contributed by atoms with E-state index in [9.17, 15) is 0 Å². The van der Waals surface area contributed by atoms with Crippen molar-refractivity contribution in [3.8, 4) is 17.0 Å². The summed E-state index contributed by atoms with van der Waals surface area (Å²) in [6.45, 7) is 1.76. The number of rotatable bonds is 10. The van der Waals surface area contributed by atoms with Gasteiger partial charge in [0.25, 0.3) is 0 Å². The van der Waals surface area contributed by atoms with Crippen molar-refractivity contribution >= 4 is 34.4 Å². The summed E-state index contributed by atoms with van der Waals surface area (Å²) in [6.07, 6.45) is 3.23. The Kier molecular flexibility index (Phi) is 7.32. The SMILES string of the molecule is COc1cc(N(C)CCN(C)C)c(N)cc1Nc1cc(Nc2ccccc2-c2ccn[nH]2)ncn1. The number of ether oxygens (including phenoxy) is 1. The third kappa shape index (κ3) is 5.79. The largest absolute Gasteiger partial charge is 0.494 e. The fraction of sp³-hybridized carbons (Fsp3) is 0.240. The molecule has 0 aliphatic carbocycles. The molecule has 182 valence electrons. The van der Waals surface area contributed by atoms with Crippen molar-refractivity contribution in [2.45, 2.75) is 0 Å². The molecule has 0 aliphatic heterocycles. The number of nitrogens with zero attached hydrogens (tertiary/aromatic N) is 5. The fourth-order valence-electron chi connectivity index (χ4n) is 3.66. The smallest absolute Gasteiger partial charge is 0.144 e. The first-order chi connectivity index (χ1) is 16.9. The Morgan fingerprint density at radius 2 is 1.69 bits per heavy atom. The van der Waals surface area contributed by atoms with Gasteiger partial charge in [0.15, 0.2) is 0 Å². The molecule has 0 aliphatic rings. The van der Waals surface area contributed by atoms with Crippen LogP contribution in [0.25, 0.3) is 11.3 Å². The summed E-state index contributed by atoms with van der Waals surface area (Å²) in [6, 6.07) is 15.5. The molecule has 0 amide bonds. The Morgan fingerprint density at radius 1 is 0.943 bits per heavy atom. The van der Waals surface area contributed by atoms with Gasteiger partial charge in [0.2, 0.25) is 0 Å². The number of anilines is 6. The Balaban J connectivity index is 1.55. The fourth-order valence-corrected chi connectivity index (χ4v) is 3.66. The van der Waals surface area contributed by atoms with Gasteiger partial charge in [-0.2, -0.15) is 5.10 Å². The van der Waals surface area contributed by atoms with E-state index in [0.717, 1.165) is 41.4 Å². The van der Waals surface area contributed by atoms with Gasteiger partial charge in [-0.1, -0.05) is 18.2 Å². The summed E-state index contributed by atoms with van der Waals surface area (Å²) in [5.41, 5.74) is 11.5. The second-order valence-corrected chi connectivity index (χ2v) is 8.39. The van der Waals surface area contributed by atoms with E-state index < -0.39 is 0 Å². The number of hydrogen-bond donors (Lipinski definition) is 4. The van der Waals surface area contributed by atoms with Crippen LogP contribution in [0.4, 0.5) is 34.4 Å². The molecular formula is C25H31N9O. The van der Waals surface area contributed by atoms with Gasteiger partial charge in [-0.25, -0.2) is 9.97 Å². The molecule has 0 radical (unpaired) electrons. The van der Waals surface area contributed by atoms with E-state index in [2.05, 4.69) is 40.6 Å². The minimum Gasteiger partial charge on any atom is -0.494 e. The van der Waals surface area contributed by atoms with Crippen molar-refractivity contribution in [1.29, 1.82) is 0 Å². The van der Waals surface area contributed by atoms with E-state index in [1.54, 1.807) is 13.3 Å². The Labute approximate surface area is 205 Å². The molecule has 0 bridgehead atoms. The lowest BCUT2D eigenvalue weighted by Gasteiger charge is -2.24. The van der Waals surface area contributed by atoms with Gasteiger partial charge in [0.1, 0.15) is 23.7 Å². The summed E-state index contributed by atoms with van der Waals surface area (Å²) in [5.74, 6) is 1.91. The maximum atomic E-state index is 6.40. The summed E-state index contributed by atoms with van der Waals surface area (Å²) >= 11 is 0. The zero-order valence-electron chi connectivity index (χ0n) is 20.4. The monoisotopic (exact) mass is 473 g/mol. The number of hydrogen-bond acceptors (Lipinski definition) is 9. The third-order valence-corrected chi connectivity index (χ3v) is 5.55. The molecule has 4 rings (SSSR count). The van der Waals surface area contributed by atoms with Crippen LogP contribution in [0, 0.1) is 0 Å². The maximum absolute atomic E-state index is 6.40. The van der Waals surface area contributed by atoms with Gasteiger partial charge in [0, 0.05) is 49.7 Å². The number of aromatic amines is 1. The highest BCUT2D eigenvalue weighted by molar-refractivity contribution is 5.81. The number of benzene rings is 2. The average Bonchev–Trinajstić information content (AvgIpc) is 3.38. The molecule has 5 N–H and O–H groups in total. The number of nitrogen functional groups attached to an aromatic ring is 1. The molecule has 2 aromatic carbocycles. The second-order valence-electron chi connectivity index (χ2n) is 8.39. The van der Waals surface area contributed by atoms with Crippen molar-refractivity contribution in [2.24, 2.45) is 0 Å². The summed E-state index contributed by atoms with van der Waals surface area (Å²) in [5, 5.41) is 13.7. The van der Waals surface area contributed by atoms with Crippen LogP contribution in [0.2, 0.25) is 0 Å². The molecule has 10 nitrogen and oxygen atoms in total. The number of methoxy groups -OCH3 is 1. The molecule has 0 unspecified atom stereocenters. The van der Waals surface area contributed by atoms with E-state index in [1.807, 2.05) is 69.7 Å². The van der Waals surface area contributed by atoms with Crippen molar-refractivity contribution in [3.05, 3.63) is 61.1 Å². The summed E-state index contributed by atoms with van der Waals surface area (Å²) < 4.78 is 5.65. The highest BCUT2D eigenvalue weighted by Gasteiger charge is 2.14. The first kappa shape index (κ1) is 23.8. The summed E-state index contributed by atoms with van der Waals surface area (Å²) in [7, 11) is 7.75. The molecule has 2 aromatic heterocycles. The van der Waals surface area contributed by atoms with Crippen molar-refractivity contribution in [3.63, 3.8) is 0 Å². The van der Waals surface area contributed by atoms with E-state index in [4.69, 9.17) is 10.5 Å². The average molecular weight is 474 g/mol. The van der Waals surface area contributed by atoms with Crippen molar-refractivity contribution < 1.29 is 4.74 Å². The minimum atomic E-state index is 0.605. The van der Waals surface area contributed by atoms with E-state index >= 15 is 0 Å². The first-order valence-electron chi connectivity index (χ1n) is 11.2. The van der Waals surface area contributed by atoms with Crippen LogP contribution in [0.1, 0.15) is 0 Å². The van der Waals surface area contributed by atoms with Crippen molar-refractivity contribution in [1.82, 2.24) is 25.1 Å². The number of aromatic nitrogens is 4. The van der Waals surface area contributed by atoms with Crippen LogP contribution in [0.5, 0.6) is 5.75 Å². The van der Waals surface area contributed by atoms with E-state index in [-0.39, 0.29) is 0 Å². The van der Waals surface area contributed by atoms with Gasteiger partial charge in [-0.15, -0.1) is 0 Å². The molecule has 0 fully saturated rings. The molecule has 0 spiro atoms. The molecule has 0 saturated heterocycles. The van der Waals surface area contributed by atoms with Crippen LogP contribution in [0.15, 0.2) is 61.1 Å². The Morgan fingerprint density at radius 3 is 2.37 bits per heavy atom. The lowest BCUT2D eigenvalue weighted by molar-refractivity contribution is 0.413. The maximum Gasteiger partial charge on any atom is 0.144 e. The molecule has 0 atom stereocenters. The van der Waals surface area contributed by atoms with Crippen LogP contribution in [-0.4, -0.2) is 66.4 Å². The van der Waals surface area contributed by atoms with E-state index in [1.165, 1.54) is 6.33 Å². The quantitative estimate of drug-likeness (QED) is 0.254. The first-order valence-corrected chi connectivity index (χ1v) is 11.2. The van der Waals surface area contributed by atoms with Gasteiger partial charge >= 0.3 is 0 Å². The predicted molar refractivity (Wildman–Crippen MR) is 142 cm³/mol. The van der Waals surface area contributed by atoms with Crippen LogP contribution in [0.3, 0.4) is 0 Å². The normalized spacial score (nSPS) is 10.9. The second kappa shape index (κ2) is 10.7. The van der Waals surface area contributed by atoms with Gasteiger partial charge in [-0.05, 0) is 32.3 Å². The van der Waals surface area contributed by atoms with Gasteiger partial charge in [-0.3, -0.25) is 5.10 Å². The van der Waals surface area contributed by atoms with Crippen LogP contribution < -0.4 is 26.0 Å². The minimum absolute atomic E-state index is 0.605. The van der Waals surface area contributed by atoms with Gasteiger partial charge < -0.3 is 30.9 Å². The van der Waals surface area contributed by atoms with Crippen molar-refractivity contribution in [2.75, 3.05) is 62.6 Å². The van der Waals surface area contributed by atoms with Gasteiger partial charge in [0.05, 0.1) is 29.9 Å². The number of likely N-dealkylation sites (N-methyl/N-ethyl adjacent to an activating group) is 2. The van der Waals surface area contributed by atoms with Crippen LogP contribution >= 0.6 is 0 Å². The number of para-hydroxylation sites is 1. The standard InChI is InChI=1S/C25H31N9O/c1-33(2)11-12-34(3)22-14-23(35-4)21(13-18(22)26)31-25-15-24(27-16-28-25)30-19-8-6-5-7-17(19)20-9-10-29-32-20/h5-10,13-16H,11-12,26H2,1-4H3,(H,29,32)(H2,27,28,30,31). The Bertz CT molecular complexity index is 1260. The zero-order valence-corrected chi connectivity index (χ0v) is 20.4.